The van der Waals surface area contributed by atoms with E-state index in [2.05, 4.69) is 13.2 Å². The summed E-state index contributed by atoms with van der Waals surface area (Å²) in [5.41, 5.74) is 0.0647. The van der Waals surface area contributed by atoms with Gasteiger partial charge < -0.3 is 10.6 Å². The van der Waals surface area contributed by atoms with Gasteiger partial charge in [-0.05, 0) is 6.08 Å². The fourth-order valence-corrected chi connectivity index (χ4v) is 0.255. The average molecular weight is 142 g/mol. The van der Waals surface area contributed by atoms with Crippen molar-refractivity contribution in [3.05, 3.63) is 37.0 Å². The smallest absolute Gasteiger partial charge is 0.335 e. The summed E-state index contributed by atoms with van der Waals surface area (Å²) in [6.07, 6.45) is 4.40. The van der Waals surface area contributed by atoms with E-state index in [9.17, 15) is 4.79 Å². The van der Waals surface area contributed by atoms with Crippen LogP contribution in [0, 0.1) is 0 Å². The van der Waals surface area contributed by atoms with Crippen LogP contribution >= 0.6 is 0 Å². The highest BCUT2D eigenvalue weighted by Gasteiger charge is 1.95. The molecule has 0 aromatic carbocycles. The number of carboxylic acid groups (broad SMARTS) is 1. The number of allylic oxidation sites excluding steroid dienone is 2. The maximum absolute atomic E-state index is 10.0. The largest absolute Gasteiger partial charge is 0.478 e. The first-order chi connectivity index (χ1) is 4.18. The number of rotatable bonds is 3. The Hall–Kier alpha value is -1.35. The second kappa shape index (κ2) is 5.78. The molecule has 3 heteroatoms. The van der Waals surface area contributed by atoms with Gasteiger partial charge in [0.05, 0.1) is 5.57 Å². The zero-order valence-electron chi connectivity index (χ0n) is 5.50. The van der Waals surface area contributed by atoms with Crippen LogP contribution in [0.1, 0.15) is 0 Å². The van der Waals surface area contributed by atoms with E-state index >= 15 is 0 Å². The van der Waals surface area contributed by atoms with Crippen molar-refractivity contribution in [2.45, 2.75) is 0 Å². The molecule has 0 fully saturated rings. The molecule has 0 heterocycles. The second-order valence-corrected chi connectivity index (χ2v) is 1.43. The lowest BCUT2D eigenvalue weighted by molar-refractivity contribution is -0.132. The van der Waals surface area contributed by atoms with Crippen molar-refractivity contribution in [3.63, 3.8) is 0 Å². The molecule has 0 aromatic rings. The van der Waals surface area contributed by atoms with Crippen LogP contribution in [-0.2, 0) is 4.79 Å². The molecule has 0 amide bonds. The fourth-order valence-electron chi connectivity index (χ4n) is 0.255. The van der Waals surface area contributed by atoms with E-state index in [1.165, 1.54) is 18.2 Å². The molecule has 0 aliphatic carbocycles. The maximum atomic E-state index is 10.0. The van der Waals surface area contributed by atoms with Gasteiger partial charge in [-0.1, -0.05) is 25.3 Å². The van der Waals surface area contributed by atoms with Gasteiger partial charge in [-0.15, -0.1) is 0 Å². The first kappa shape index (κ1) is 11.4. The Labute approximate surface area is 59.3 Å². The van der Waals surface area contributed by atoms with Crippen LogP contribution in [0.3, 0.4) is 0 Å². The lowest BCUT2D eigenvalue weighted by atomic mass is 10.3. The quantitative estimate of drug-likeness (QED) is 0.461. The summed E-state index contributed by atoms with van der Waals surface area (Å²) in [7, 11) is 0. The van der Waals surface area contributed by atoms with Crippen molar-refractivity contribution in [2.24, 2.45) is 0 Å². The number of hydrogen-bond donors (Lipinski definition) is 1. The minimum atomic E-state index is -1.01. The van der Waals surface area contributed by atoms with Crippen molar-refractivity contribution in [1.82, 2.24) is 0 Å². The molecule has 0 atom stereocenters. The van der Waals surface area contributed by atoms with Crippen LogP contribution in [0.5, 0.6) is 0 Å². The topological polar surface area (TPSA) is 68.8 Å². The van der Waals surface area contributed by atoms with Gasteiger partial charge in [-0.25, -0.2) is 4.79 Å². The Morgan fingerprint density at radius 2 is 2.00 bits per heavy atom. The Bertz CT molecular complexity index is 168. The molecule has 0 bridgehead atoms. The number of aliphatic carboxylic acids is 1. The Morgan fingerprint density at radius 1 is 1.50 bits per heavy atom. The van der Waals surface area contributed by atoms with Gasteiger partial charge in [0, 0.05) is 0 Å². The van der Waals surface area contributed by atoms with Gasteiger partial charge in [-0.2, -0.15) is 0 Å². The molecule has 0 rings (SSSR count). The van der Waals surface area contributed by atoms with Crippen molar-refractivity contribution in [3.8, 4) is 0 Å². The predicted octanol–water partition coefficient (Wildman–Crippen LogP) is 0.545. The molecule has 0 radical (unpaired) electrons. The van der Waals surface area contributed by atoms with Crippen LogP contribution in [0.25, 0.3) is 0 Å². The zero-order chi connectivity index (χ0) is 7.28. The third kappa shape index (κ3) is 4.80. The average Bonchev–Trinajstić information content (AvgIpc) is 1.82. The van der Waals surface area contributed by atoms with E-state index in [-0.39, 0.29) is 11.0 Å². The summed E-state index contributed by atoms with van der Waals surface area (Å²) >= 11 is 0. The molecule has 0 saturated carbocycles. The Balaban J connectivity index is 0. The fraction of sp³-hybridized carbons (Fsp3) is 0. The lowest BCUT2D eigenvalue weighted by Gasteiger charge is -1.85. The van der Waals surface area contributed by atoms with Crippen molar-refractivity contribution >= 4 is 5.97 Å². The number of carboxylic acids is 1. The molecule has 0 aliphatic rings. The van der Waals surface area contributed by atoms with E-state index in [4.69, 9.17) is 5.11 Å². The summed E-state index contributed by atoms with van der Waals surface area (Å²) in [5, 5.41) is 8.22. The van der Waals surface area contributed by atoms with Gasteiger partial charge in [0.1, 0.15) is 0 Å². The number of carbonyl (C=O) groups is 1. The van der Waals surface area contributed by atoms with Crippen molar-refractivity contribution < 1.29 is 15.4 Å². The summed E-state index contributed by atoms with van der Waals surface area (Å²) < 4.78 is 0. The summed E-state index contributed by atoms with van der Waals surface area (Å²) in [6.45, 7) is 6.63. The van der Waals surface area contributed by atoms with E-state index in [0.29, 0.717) is 0 Å². The number of hydrogen-bond acceptors (Lipinski definition) is 1. The Morgan fingerprint density at radius 3 is 2.30 bits per heavy atom. The monoisotopic (exact) mass is 142 g/mol. The molecular formula is C7H10O3. The van der Waals surface area contributed by atoms with Crippen LogP contribution in [-0.4, -0.2) is 16.6 Å². The van der Waals surface area contributed by atoms with Gasteiger partial charge in [0.15, 0.2) is 0 Å². The Kier molecular flexibility index (Phi) is 6.62. The van der Waals surface area contributed by atoms with Crippen LogP contribution < -0.4 is 0 Å². The van der Waals surface area contributed by atoms with E-state index < -0.39 is 5.97 Å². The third-order valence-electron chi connectivity index (χ3n) is 0.708. The molecule has 0 unspecified atom stereocenters. The molecule has 0 aromatic heterocycles. The third-order valence-corrected chi connectivity index (χ3v) is 0.708. The van der Waals surface area contributed by atoms with Gasteiger partial charge in [-0.3, -0.25) is 0 Å². The normalized spacial score (nSPS) is 8.40. The molecule has 56 valence electrons. The summed E-state index contributed by atoms with van der Waals surface area (Å²) in [5.74, 6) is -1.01. The van der Waals surface area contributed by atoms with Crippen molar-refractivity contribution in [2.75, 3.05) is 0 Å². The minimum Gasteiger partial charge on any atom is -0.478 e. The van der Waals surface area contributed by atoms with Gasteiger partial charge in [0.2, 0.25) is 0 Å². The first-order valence-electron chi connectivity index (χ1n) is 2.39. The highest BCUT2D eigenvalue weighted by molar-refractivity contribution is 5.88. The minimum absolute atomic E-state index is 0. The zero-order valence-corrected chi connectivity index (χ0v) is 5.50. The lowest BCUT2D eigenvalue weighted by Crippen LogP contribution is -1.94. The van der Waals surface area contributed by atoms with Crippen LogP contribution in [0.15, 0.2) is 37.0 Å². The molecule has 0 saturated heterocycles. The SMILES string of the molecule is C=CC=CC(=C)C(=O)O.O. The summed E-state index contributed by atoms with van der Waals surface area (Å²) in [4.78, 5) is 10.0. The van der Waals surface area contributed by atoms with Gasteiger partial charge >= 0.3 is 5.97 Å². The highest BCUT2D eigenvalue weighted by Crippen LogP contribution is 1.91. The second-order valence-electron chi connectivity index (χ2n) is 1.43. The predicted molar refractivity (Wildman–Crippen MR) is 39.7 cm³/mol. The molecule has 3 N–H and O–H groups in total. The molecule has 0 spiro atoms. The van der Waals surface area contributed by atoms with E-state index in [1.807, 2.05) is 0 Å². The molecule has 0 aliphatic heterocycles. The van der Waals surface area contributed by atoms with E-state index in [1.54, 1.807) is 0 Å². The van der Waals surface area contributed by atoms with Crippen molar-refractivity contribution in [1.29, 1.82) is 0 Å². The highest BCUT2D eigenvalue weighted by atomic mass is 16.4. The van der Waals surface area contributed by atoms with Crippen LogP contribution in [0.4, 0.5) is 0 Å². The van der Waals surface area contributed by atoms with E-state index in [0.717, 1.165) is 0 Å². The maximum Gasteiger partial charge on any atom is 0.335 e. The molecule has 3 nitrogen and oxygen atoms in total. The molecule has 10 heavy (non-hydrogen) atoms. The van der Waals surface area contributed by atoms with Gasteiger partial charge in [0.25, 0.3) is 0 Å². The summed E-state index contributed by atoms with van der Waals surface area (Å²) in [6, 6.07) is 0. The first-order valence-corrected chi connectivity index (χ1v) is 2.39. The standard InChI is InChI=1S/C7H8O2.H2O/c1-3-4-5-6(2)7(8)9;/h3-5H,1-2H2,(H,8,9);1H2. The van der Waals surface area contributed by atoms with Crippen LogP contribution in [0.2, 0.25) is 0 Å². The molecular weight excluding hydrogens is 132 g/mol.